The second-order valence-corrected chi connectivity index (χ2v) is 10.8. The maximum Gasteiger partial charge on any atom is 0.341 e. The SMILES string of the molecule is COc1c(N2CCN(C(=O)Cc3nc4cc(Cl)c(Cl)cc4[nH]3)CC2)c(F)cc2c(=O)c(C(=O)O)cn(C3CC3)c12. The van der Waals surface area contributed by atoms with Crippen molar-refractivity contribution in [2.45, 2.75) is 25.3 Å². The Balaban J connectivity index is 1.26. The fourth-order valence-electron chi connectivity index (χ4n) is 5.30. The maximum atomic E-state index is 15.6. The Kier molecular flexibility index (Phi) is 6.58. The highest BCUT2D eigenvalue weighted by Crippen LogP contribution is 2.43. The standard InChI is InChI=1S/C27H24Cl2FN5O5/c1-40-26-23-14(25(37)15(27(38)39)12-35(23)13-2-3-13)8-18(30)24(26)34-6-4-33(5-7-34)22(36)11-21-31-19-9-16(28)17(29)10-20(19)32-21/h8-10,12-13H,2-7,11H2,1H3,(H,31,32)(H,38,39). The normalized spacial score (nSPS) is 15.7. The lowest BCUT2D eigenvalue weighted by Gasteiger charge is -2.37. The molecular formula is C27H24Cl2FN5O5. The lowest BCUT2D eigenvalue weighted by atomic mass is 10.1. The number of nitrogens with one attached hydrogen (secondary N) is 1. The van der Waals surface area contributed by atoms with Gasteiger partial charge in [-0.1, -0.05) is 23.2 Å². The Labute approximate surface area is 236 Å². The Morgan fingerprint density at radius 2 is 1.85 bits per heavy atom. The van der Waals surface area contributed by atoms with Gasteiger partial charge in [-0.15, -0.1) is 0 Å². The number of imidazole rings is 1. The zero-order valence-electron chi connectivity index (χ0n) is 21.3. The van der Waals surface area contributed by atoms with Crippen LogP contribution >= 0.6 is 23.2 Å². The molecule has 1 aliphatic heterocycles. The summed E-state index contributed by atoms with van der Waals surface area (Å²) in [6, 6.07) is 4.40. The molecule has 1 aliphatic carbocycles. The summed E-state index contributed by atoms with van der Waals surface area (Å²) in [6.07, 6.45) is 3.01. The number of benzene rings is 2. The third kappa shape index (κ3) is 4.52. The van der Waals surface area contributed by atoms with Gasteiger partial charge in [0.05, 0.1) is 45.5 Å². The van der Waals surface area contributed by atoms with Crippen LogP contribution in [-0.4, -0.2) is 69.7 Å². The van der Waals surface area contributed by atoms with E-state index in [1.165, 1.54) is 13.3 Å². The third-order valence-electron chi connectivity index (χ3n) is 7.41. The molecule has 13 heteroatoms. The second-order valence-electron chi connectivity index (χ2n) is 9.96. The molecule has 0 bridgehead atoms. The summed E-state index contributed by atoms with van der Waals surface area (Å²) >= 11 is 12.1. The molecule has 0 spiro atoms. The van der Waals surface area contributed by atoms with Crippen molar-refractivity contribution in [2.75, 3.05) is 38.2 Å². The first kappa shape index (κ1) is 26.4. The summed E-state index contributed by atoms with van der Waals surface area (Å²) in [7, 11) is 1.40. The van der Waals surface area contributed by atoms with Crippen LogP contribution in [0.1, 0.15) is 35.1 Å². The molecule has 0 atom stereocenters. The molecular weight excluding hydrogens is 564 g/mol. The second kappa shape index (κ2) is 9.97. The predicted octanol–water partition coefficient (Wildman–Crippen LogP) is 4.26. The van der Waals surface area contributed by atoms with Gasteiger partial charge in [0, 0.05) is 38.4 Å². The number of aromatic amines is 1. The number of hydrogen-bond donors (Lipinski definition) is 2. The Morgan fingerprint density at radius 3 is 2.50 bits per heavy atom. The number of carboxylic acids is 1. The quantitative estimate of drug-likeness (QED) is 0.346. The van der Waals surface area contributed by atoms with Gasteiger partial charge in [-0.3, -0.25) is 9.59 Å². The highest BCUT2D eigenvalue weighted by Gasteiger charge is 2.32. The number of amides is 1. The molecule has 10 nitrogen and oxygen atoms in total. The van der Waals surface area contributed by atoms with Crippen molar-refractivity contribution >= 4 is 62.7 Å². The number of aromatic nitrogens is 3. The number of carboxylic acid groups (broad SMARTS) is 1. The number of nitrogens with zero attached hydrogens (tertiary/aromatic N) is 4. The van der Waals surface area contributed by atoms with Crippen molar-refractivity contribution in [3.05, 3.63) is 61.9 Å². The summed E-state index contributed by atoms with van der Waals surface area (Å²) in [6.45, 7) is 1.34. The molecule has 4 aromatic rings. The van der Waals surface area contributed by atoms with E-state index in [1.54, 1.807) is 26.5 Å². The van der Waals surface area contributed by atoms with Crippen molar-refractivity contribution in [2.24, 2.45) is 0 Å². The van der Waals surface area contributed by atoms with Crippen LogP contribution in [-0.2, 0) is 11.2 Å². The van der Waals surface area contributed by atoms with E-state index in [0.29, 0.717) is 58.6 Å². The first-order valence-electron chi connectivity index (χ1n) is 12.7. The van der Waals surface area contributed by atoms with E-state index in [0.717, 1.165) is 18.9 Å². The molecule has 1 saturated carbocycles. The molecule has 1 amide bonds. The molecule has 1 saturated heterocycles. The monoisotopic (exact) mass is 587 g/mol. The van der Waals surface area contributed by atoms with Crippen molar-refractivity contribution in [1.29, 1.82) is 0 Å². The van der Waals surface area contributed by atoms with Gasteiger partial charge in [-0.2, -0.15) is 0 Å². The fourth-order valence-corrected chi connectivity index (χ4v) is 5.62. The lowest BCUT2D eigenvalue weighted by Crippen LogP contribution is -2.49. The predicted molar refractivity (Wildman–Crippen MR) is 149 cm³/mol. The summed E-state index contributed by atoms with van der Waals surface area (Å²) in [5, 5.41) is 10.3. The van der Waals surface area contributed by atoms with E-state index >= 15 is 4.39 Å². The zero-order valence-corrected chi connectivity index (χ0v) is 22.9. The van der Waals surface area contributed by atoms with E-state index in [-0.39, 0.29) is 35.2 Å². The number of fused-ring (bicyclic) bond motifs is 2. The number of carbonyl (C=O) groups excluding carboxylic acids is 1. The number of ether oxygens (including phenoxy) is 1. The highest BCUT2D eigenvalue weighted by molar-refractivity contribution is 6.42. The summed E-state index contributed by atoms with van der Waals surface area (Å²) in [5.41, 5.74) is 0.692. The zero-order chi connectivity index (χ0) is 28.3. The van der Waals surface area contributed by atoms with Crippen LogP contribution < -0.4 is 15.1 Å². The molecule has 0 unspecified atom stereocenters. The molecule has 2 aromatic heterocycles. The van der Waals surface area contributed by atoms with Crippen LogP contribution in [0.3, 0.4) is 0 Å². The van der Waals surface area contributed by atoms with Crippen LogP contribution in [0, 0.1) is 5.82 Å². The molecule has 40 heavy (non-hydrogen) atoms. The number of hydrogen-bond acceptors (Lipinski definition) is 6. The van der Waals surface area contributed by atoms with Gasteiger partial charge in [-0.05, 0) is 31.0 Å². The summed E-state index contributed by atoms with van der Waals surface area (Å²) in [5.74, 6) is -1.52. The summed E-state index contributed by atoms with van der Waals surface area (Å²) < 4.78 is 23.0. The first-order valence-corrected chi connectivity index (χ1v) is 13.5. The smallest absolute Gasteiger partial charge is 0.341 e. The number of pyridine rings is 1. The lowest BCUT2D eigenvalue weighted by molar-refractivity contribution is -0.130. The van der Waals surface area contributed by atoms with Crippen LogP contribution in [0.4, 0.5) is 10.1 Å². The minimum absolute atomic E-state index is 0.00757. The molecule has 2 fully saturated rings. The van der Waals surface area contributed by atoms with Crippen molar-refractivity contribution in [1.82, 2.24) is 19.4 Å². The average molecular weight is 588 g/mol. The third-order valence-corrected chi connectivity index (χ3v) is 8.14. The molecule has 3 heterocycles. The van der Waals surface area contributed by atoms with Crippen LogP contribution in [0.25, 0.3) is 21.9 Å². The van der Waals surface area contributed by atoms with E-state index in [1.807, 2.05) is 0 Å². The van der Waals surface area contributed by atoms with Crippen LogP contribution in [0.5, 0.6) is 5.75 Å². The Bertz CT molecular complexity index is 1720. The first-order chi connectivity index (χ1) is 19.2. The fraction of sp³-hybridized carbons (Fsp3) is 0.333. The Hall–Kier alpha value is -3.83. The maximum absolute atomic E-state index is 15.6. The van der Waals surface area contributed by atoms with Gasteiger partial charge >= 0.3 is 5.97 Å². The average Bonchev–Trinajstić information content (AvgIpc) is 3.70. The van der Waals surface area contributed by atoms with Gasteiger partial charge in [0.15, 0.2) is 11.6 Å². The van der Waals surface area contributed by atoms with E-state index in [4.69, 9.17) is 27.9 Å². The van der Waals surface area contributed by atoms with Crippen LogP contribution in [0.15, 0.2) is 29.2 Å². The van der Waals surface area contributed by atoms with E-state index in [9.17, 15) is 19.5 Å². The minimum atomic E-state index is -1.36. The van der Waals surface area contributed by atoms with Gasteiger partial charge in [0.25, 0.3) is 0 Å². The molecule has 2 aliphatic rings. The van der Waals surface area contributed by atoms with Crippen molar-refractivity contribution in [3.63, 3.8) is 0 Å². The number of piperazine rings is 1. The number of carbonyl (C=O) groups is 2. The van der Waals surface area contributed by atoms with Crippen LogP contribution in [0.2, 0.25) is 10.0 Å². The number of aromatic carboxylic acids is 1. The summed E-state index contributed by atoms with van der Waals surface area (Å²) in [4.78, 5) is 48.7. The van der Waals surface area contributed by atoms with Gasteiger partial charge in [0.1, 0.15) is 17.1 Å². The largest absolute Gasteiger partial charge is 0.492 e. The van der Waals surface area contributed by atoms with Gasteiger partial charge < -0.3 is 29.2 Å². The number of rotatable bonds is 6. The minimum Gasteiger partial charge on any atom is -0.492 e. The number of methoxy groups -OCH3 is 1. The number of halogens is 3. The molecule has 2 aromatic carbocycles. The Morgan fingerprint density at radius 1 is 1.15 bits per heavy atom. The topological polar surface area (TPSA) is 121 Å². The van der Waals surface area contributed by atoms with Gasteiger partial charge in [-0.25, -0.2) is 14.2 Å². The molecule has 6 rings (SSSR count). The molecule has 2 N–H and O–H groups in total. The van der Waals surface area contributed by atoms with Gasteiger partial charge in [0.2, 0.25) is 11.3 Å². The van der Waals surface area contributed by atoms with E-state index < -0.39 is 22.8 Å². The van der Waals surface area contributed by atoms with Crippen molar-refractivity contribution in [3.8, 4) is 5.75 Å². The number of H-pyrrole nitrogens is 1. The molecule has 0 radical (unpaired) electrons. The van der Waals surface area contributed by atoms with E-state index in [2.05, 4.69) is 9.97 Å². The number of anilines is 1. The van der Waals surface area contributed by atoms with Crippen molar-refractivity contribution < 1.29 is 23.8 Å². The molecule has 208 valence electrons. The highest BCUT2D eigenvalue weighted by atomic mass is 35.5.